The van der Waals surface area contributed by atoms with Crippen LogP contribution in [0, 0.1) is 0 Å². The molecular formula is C22H28N4O2. The van der Waals surface area contributed by atoms with E-state index in [0.29, 0.717) is 12.5 Å². The van der Waals surface area contributed by atoms with Crippen molar-refractivity contribution in [3.05, 3.63) is 53.3 Å². The summed E-state index contributed by atoms with van der Waals surface area (Å²) in [5.74, 6) is 0.534. The molecule has 4 rings (SSSR count). The van der Waals surface area contributed by atoms with Gasteiger partial charge in [0.1, 0.15) is 6.04 Å². The fourth-order valence-electron chi connectivity index (χ4n) is 4.63. The predicted octanol–water partition coefficient (Wildman–Crippen LogP) is 2.72. The van der Waals surface area contributed by atoms with Crippen molar-refractivity contribution in [1.82, 2.24) is 20.0 Å². The SMILES string of the molecule is CC(=O)N1CCC[C@H]1C(=O)N1CCC(c2[nH]ncc2Cc2ccccc2)CC1. The highest BCUT2D eigenvalue weighted by molar-refractivity contribution is 5.87. The highest BCUT2D eigenvalue weighted by Gasteiger charge is 2.36. The van der Waals surface area contributed by atoms with Crippen molar-refractivity contribution < 1.29 is 9.59 Å². The Kier molecular flexibility index (Phi) is 5.46. The van der Waals surface area contributed by atoms with E-state index in [4.69, 9.17) is 0 Å². The van der Waals surface area contributed by atoms with Crippen LogP contribution in [0.1, 0.15) is 55.3 Å². The molecule has 2 aromatic rings. The van der Waals surface area contributed by atoms with Crippen LogP contribution in [-0.2, 0) is 16.0 Å². The van der Waals surface area contributed by atoms with Crippen LogP contribution >= 0.6 is 0 Å². The Labute approximate surface area is 165 Å². The maximum absolute atomic E-state index is 12.9. The minimum absolute atomic E-state index is 0.00810. The van der Waals surface area contributed by atoms with Crippen LogP contribution in [0.25, 0.3) is 0 Å². The van der Waals surface area contributed by atoms with Crippen LogP contribution in [0.15, 0.2) is 36.5 Å². The minimum Gasteiger partial charge on any atom is -0.341 e. The number of nitrogens with one attached hydrogen (secondary N) is 1. The summed E-state index contributed by atoms with van der Waals surface area (Å²) in [4.78, 5) is 28.4. The summed E-state index contributed by atoms with van der Waals surface area (Å²) in [6, 6.07) is 10.2. The van der Waals surface area contributed by atoms with Crippen molar-refractivity contribution in [2.24, 2.45) is 0 Å². The predicted molar refractivity (Wildman–Crippen MR) is 107 cm³/mol. The first kappa shape index (κ1) is 18.7. The molecule has 6 heteroatoms. The molecule has 148 valence electrons. The van der Waals surface area contributed by atoms with Gasteiger partial charge in [-0.15, -0.1) is 0 Å². The molecule has 0 spiro atoms. The van der Waals surface area contributed by atoms with Crippen molar-refractivity contribution in [2.75, 3.05) is 19.6 Å². The monoisotopic (exact) mass is 380 g/mol. The molecule has 0 unspecified atom stereocenters. The lowest BCUT2D eigenvalue weighted by Gasteiger charge is -2.35. The fraction of sp³-hybridized carbons (Fsp3) is 0.500. The molecule has 2 amide bonds. The zero-order chi connectivity index (χ0) is 19.5. The van der Waals surface area contributed by atoms with E-state index < -0.39 is 0 Å². The number of carbonyl (C=O) groups is 2. The van der Waals surface area contributed by atoms with Crippen molar-refractivity contribution >= 4 is 11.8 Å². The summed E-state index contributed by atoms with van der Waals surface area (Å²) >= 11 is 0. The molecule has 0 saturated carbocycles. The van der Waals surface area contributed by atoms with Crippen LogP contribution < -0.4 is 0 Å². The molecule has 2 saturated heterocycles. The first-order chi connectivity index (χ1) is 13.6. The van der Waals surface area contributed by atoms with Crippen molar-refractivity contribution in [2.45, 2.75) is 51.0 Å². The van der Waals surface area contributed by atoms with Crippen molar-refractivity contribution in [1.29, 1.82) is 0 Å². The normalized spacial score (nSPS) is 20.5. The van der Waals surface area contributed by atoms with E-state index >= 15 is 0 Å². The van der Waals surface area contributed by atoms with Gasteiger partial charge in [-0.1, -0.05) is 30.3 Å². The van der Waals surface area contributed by atoms with Crippen LogP contribution in [-0.4, -0.2) is 57.5 Å². The van der Waals surface area contributed by atoms with E-state index in [-0.39, 0.29) is 17.9 Å². The van der Waals surface area contributed by atoms with Crippen LogP contribution in [0.5, 0.6) is 0 Å². The number of piperidine rings is 1. The summed E-state index contributed by atoms with van der Waals surface area (Å²) < 4.78 is 0. The average molecular weight is 380 g/mol. The topological polar surface area (TPSA) is 69.3 Å². The second-order valence-corrected chi connectivity index (χ2v) is 7.94. The summed E-state index contributed by atoms with van der Waals surface area (Å²) in [6.07, 6.45) is 6.39. The quantitative estimate of drug-likeness (QED) is 0.887. The molecule has 3 heterocycles. The molecule has 0 radical (unpaired) electrons. The maximum atomic E-state index is 12.9. The number of H-pyrrole nitrogens is 1. The van der Waals surface area contributed by atoms with Gasteiger partial charge in [-0.05, 0) is 36.8 Å². The largest absolute Gasteiger partial charge is 0.341 e. The number of carbonyl (C=O) groups excluding carboxylic acids is 2. The van der Waals surface area contributed by atoms with Gasteiger partial charge < -0.3 is 9.80 Å². The van der Waals surface area contributed by atoms with E-state index in [1.807, 2.05) is 17.2 Å². The van der Waals surface area contributed by atoms with E-state index in [9.17, 15) is 9.59 Å². The highest BCUT2D eigenvalue weighted by Crippen LogP contribution is 2.31. The molecule has 28 heavy (non-hydrogen) atoms. The van der Waals surface area contributed by atoms with Gasteiger partial charge in [-0.3, -0.25) is 14.7 Å². The first-order valence-electron chi connectivity index (χ1n) is 10.3. The molecule has 0 aliphatic carbocycles. The van der Waals surface area contributed by atoms with Gasteiger partial charge in [0.2, 0.25) is 11.8 Å². The number of aromatic nitrogens is 2. The lowest BCUT2D eigenvalue weighted by Crippen LogP contribution is -2.49. The van der Waals surface area contributed by atoms with Crippen molar-refractivity contribution in [3.8, 4) is 0 Å². The van der Waals surface area contributed by atoms with E-state index in [2.05, 4.69) is 34.5 Å². The number of amides is 2. The molecule has 1 aromatic carbocycles. The van der Waals surface area contributed by atoms with Crippen LogP contribution in [0.2, 0.25) is 0 Å². The Morgan fingerprint density at radius 1 is 1.11 bits per heavy atom. The van der Waals surface area contributed by atoms with Gasteiger partial charge in [0.15, 0.2) is 0 Å². The summed E-state index contributed by atoms with van der Waals surface area (Å²) in [6.45, 7) is 3.76. The minimum atomic E-state index is -0.255. The van der Waals surface area contributed by atoms with Crippen LogP contribution in [0.3, 0.4) is 0 Å². The number of hydrogen-bond donors (Lipinski definition) is 1. The third kappa shape index (κ3) is 3.81. The average Bonchev–Trinajstić information content (AvgIpc) is 3.38. The molecular weight excluding hydrogens is 352 g/mol. The third-order valence-corrected chi connectivity index (χ3v) is 6.15. The zero-order valence-electron chi connectivity index (χ0n) is 16.4. The number of likely N-dealkylation sites (tertiary alicyclic amines) is 2. The standard InChI is InChI=1S/C22H28N4O2/c1-16(27)26-11-5-8-20(26)22(28)25-12-9-18(10-13-25)21-19(15-23-24-21)14-17-6-3-2-4-7-17/h2-4,6-7,15,18,20H,5,8-14H2,1H3,(H,23,24)/t20-/m0/s1. The summed E-state index contributed by atoms with van der Waals surface area (Å²) in [7, 11) is 0. The van der Waals surface area contributed by atoms with Gasteiger partial charge in [0.05, 0.1) is 6.20 Å². The summed E-state index contributed by atoms with van der Waals surface area (Å²) in [5.41, 5.74) is 3.74. The van der Waals surface area contributed by atoms with E-state index in [0.717, 1.165) is 45.2 Å². The Bertz CT molecular complexity index is 824. The maximum Gasteiger partial charge on any atom is 0.245 e. The molecule has 1 aromatic heterocycles. The van der Waals surface area contributed by atoms with Gasteiger partial charge in [0.25, 0.3) is 0 Å². The Hall–Kier alpha value is -2.63. The fourth-order valence-corrected chi connectivity index (χ4v) is 4.63. The Morgan fingerprint density at radius 3 is 2.57 bits per heavy atom. The number of rotatable bonds is 4. The Balaban J connectivity index is 1.38. The van der Waals surface area contributed by atoms with Crippen LogP contribution in [0.4, 0.5) is 0 Å². The van der Waals surface area contributed by atoms with Gasteiger partial charge in [0, 0.05) is 44.6 Å². The molecule has 2 aliphatic rings. The molecule has 2 aliphatic heterocycles. The lowest BCUT2D eigenvalue weighted by atomic mass is 9.89. The number of nitrogens with zero attached hydrogens (tertiary/aromatic N) is 3. The van der Waals surface area contributed by atoms with Crippen molar-refractivity contribution in [3.63, 3.8) is 0 Å². The number of benzene rings is 1. The molecule has 2 fully saturated rings. The summed E-state index contributed by atoms with van der Waals surface area (Å²) in [5, 5.41) is 7.50. The Morgan fingerprint density at radius 2 is 1.86 bits per heavy atom. The van der Waals surface area contributed by atoms with E-state index in [1.54, 1.807) is 11.8 Å². The highest BCUT2D eigenvalue weighted by atomic mass is 16.2. The number of hydrogen-bond acceptors (Lipinski definition) is 3. The smallest absolute Gasteiger partial charge is 0.245 e. The van der Waals surface area contributed by atoms with E-state index in [1.165, 1.54) is 16.8 Å². The molecule has 0 bridgehead atoms. The molecule has 6 nitrogen and oxygen atoms in total. The third-order valence-electron chi connectivity index (χ3n) is 6.15. The number of aromatic amines is 1. The zero-order valence-corrected chi connectivity index (χ0v) is 16.4. The molecule has 1 atom stereocenters. The second kappa shape index (κ2) is 8.17. The van der Waals surface area contributed by atoms with Gasteiger partial charge in [-0.2, -0.15) is 5.10 Å². The van der Waals surface area contributed by atoms with Gasteiger partial charge in [-0.25, -0.2) is 0 Å². The second-order valence-electron chi connectivity index (χ2n) is 7.94. The van der Waals surface area contributed by atoms with Gasteiger partial charge >= 0.3 is 0 Å². The first-order valence-corrected chi connectivity index (χ1v) is 10.3. The lowest BCUT2D eigenvalue weighted by molar-refractivity contribution is -0.143. The molecule has 1 N–H and O–H groups in total.